The number of hydrogen-bond acceptors (Lipinski definition) is 4. The second-order valence-corrected chi connectivity index (χ2v) is 7.78. The zero-order valence-electron chi connectivity index (χ0n) is 18.3. The summed E-state index contributed by atoms with van der Waals surface area (Å²) in [6.07, 6.45) is 0. The largest absolute Gasteiger partial charge is 0.493 e. The number of anilines is 1. The summed E-state index contributed by atoms with van der Waals surface area (Å²) in [6, 6.07) is 17.8. The fraction of sp³-hybridized carbons (Fsp3) is 0.192. The van der Waals surface area contributed by atoms with Gasteiger partial charge in [0.1, 0.15) is 5.75 Å². The first-order valence-electron chi connectivity index (χ1n) is 10.5. The first-order valence-corrected chi connectivity index (χ1v) is 10.5. The van der Waals surface area contributed by atoms with Crippen LogP contribution in [0.4, 0.5) is 5.69 Å². The fourth-order valence-electron chi connectivity index (χ4n) is 3.76. The van der Waals surface area contributed by atoms with Crippen LogP contribution in [0.2, 0.25) is 0 Å². The normalized spacial score (nSPS) is 12.7. The third-order valence-electron chi connectivity index (χ3n) is 5.45. The lowest BCUT2D eigenvalue weighted by Gasteiger charge is -2.17. The Bertz CT molecular complexity index is 1200. The van der Waals surface area contributed by atoms with Gasteiger partial charge in [-0.05, 0) is 67.8 Å². The fourth-order valence-corrected chi connectivity index (χ4v) is 3.76. The Labute approximate surface area is 186 Å². The van der Waals surface area contributed by atoms with Gasteiger partial charge in [-0.15, -0.1) is 0 Å². The first-order chi connectivity index (χ1) is 15.4. The van der Waals surface area contributed by atoms with Gasteiger partial charge in [0.25, 0.3) is 17.7 Å². The van der Waals surface area contributed by atoms with Crippen molar-refractivity contribution in [3.63, 3.8) is 0 Å². The van der Waals surface area contributed by atoms with E-state index in [2.05, 4.69) is 5.32 Å². The van der Waals surface area contributed by atoms with Crippen LogP contribution in [0.25, 0.3) is 0 Å². The van der Waals surface area contributed by atoms with E-state index < -0.39 is 0 Å². The van der Waals surface area contributed by atoms with Crippen molar-refractivity contribution in [2.45, 2.75) is 27.3 Å². The molecular weight excluding hydrogens is 404 g/mol. The monoisotopic (exact) mass is 428 g/mol. The molecule has 3 aromatic carbocycles. The molecule has 0 saturated carbocycles. The van der Waals surface area contributed by atoms with Gasteiger partial charge in [-0.3, -0.25) is 19.3 Å². The first kappa shape index (κ1) is 21.3. The lowest BCUT2D eigenvalue weighted by Crippen LogP contribution is -2.29. The predicted molar refractivity (Wildman–Crippen MR) is 122 cm³/mol. The zero-order chi connectivity index (χ0) is 22.8. The Morgan fingerprint density at radius 1 is 0.938 bits per heavy atom. The van der Waals surface area contributed by atoms with Gasteiger partial charge in [0.15, 0.2) is 0 Å². The van der Waals surface area contributed by atoms with Crippen molar-refractivity contribution >= 4 is 23.4 Å². The van der Waals surface area contributed by atoms with Crippen molar-refractivity contribution in [3.8, 4) is 5.75 Å². The Hall–Kier alpha value is -3.93. The number of benzene rings is 3. The summed E-state index contributed by atoms with van der Waals surface area (Å²) in [7, 11) is 0. The van der Waals surface area contributed by atoms with E-state index in [-0.39, 0.29) is 24.3 Å². The smallest absolute Gasteiger partial charge is 0.261 e. The molecule has 0 fully saturated rings. The average molecular weight is 428 g/mol. The van der Waals surface area contributed by atoms with Gasteiger partial charge in [0.2, 0.25) is 0 Å². The molecule has 0 saturated heterocycles. The molecule has 6 nitrogen and oxygen atoms in total. The van der Waals surface area contributed by atoms with Crippen LogP contribution >= 0.6 is 0 Å². The van der Waals surface area contributed by atoms with E-state index in [4.69, 9.17) is 4.74 Å². The van der Waals surface area contributed by atoms with Gasteiger partial charge in [0, 0.05) is 5.69 Å². The van der Waals surface area contributed by atoms with Crippen LogP contribution in [0.5, 0.6) is 5.75 Å². The number of hydrogen-bond donors (Lipinski definition) is 1. The predicted octanol–water partition coefficient (Wildman–Crippen LogP) is 4.75. The number of nitrogens with one attached hydrogen (secondary N) is 1. The van der Waals surface area contributed by atoms with E-state index in [1.54, 1.807) is 42.5 Å². The molecule has 3 amide bonds. The molecule has 1 aliphatic heterocycles. The van der Waals surface area contributed by atoms with Crippen LogP contribution in [0.3, 0.4) is 0 Å². The summed E-state index contributed by atoms with van der Waals surface area (Å²) in [5, 5.41) is 2.95. The standard InChI is InChI=1S/C26H24N2O4/c1-4-32-23-12-11-18(15-28-25(30)19-7-5-6-8-20(19)26(28)31)14-21(23)24(29)27-22-13-16(2)9-10-17(22)3/h5-14H,4,15H2,1-3H3,(H,27,29). The van der Waals surface area contributed by atoms with E-state index in [9.17, 15) is 14.4 Å². The van der Waals surface area contributed by atoms with Gasteiger partial charge < -0.3 is 10.1 Å². The maximum atomic E-state index is 13.1. The molecule has 6 heteroatoms. The average Bonchev–Trinajstić information content (AvgIpc) is 3.02. The molecule has 0 unspecified atom stereocenters. The molecule has 0 bridgehead atoms. The third-order valence-corrected chi connectivity index (χ3v) is 5.45. The minimum Gasteiger partial charge on any atom is -0.493 e. The highest BCUT2D eigenvalue weighted by atomic mass is 16.5. The summed E-state index contributed by atoms with van der Waals surface area (Å²) in [5.41, 5.74) is 4.52. The number of carbonyl (C=O) groups excluding carboxylic acids is 3. The Morgan fingerprint density at radius 2 is 1.62 bits per heavy atom. The molecule has 4 rings (SSSR count). The summed E-state index contributed by atoms with van der Waals surface area (Å²) in [4.78, 5) is 39.8. The van der Waals surface area contributed by atoms with Crippen molar-refractivity contribution in [2.75, 3.05) is 11.9 Å². The maximum absolute atomic E-state index is 13.1. The third kappa shape index (κ3) is 3.99. The maximum Gasteiger partial charge on any atom is 0.261 e. The Balaban J connectivity index is 1.62. The summed E-state index contributed by atoms with van der Waals surface area (Å²) in [6.45, 7) is 6.21. The van der Waals surface area contributed by atoms with E-state index in [0.29, 0.717) is 34.6 Å². The van der Waals surface area contributed by atoms with E-state index in [0.717, 1.165) is 16.8 Å². The second kappa shape index (κ2) is 8.67. The molecule has 0 radical (unpaired) electrons. The molecule has 162 valence electrons. The molecule has 0 atom stereocenters. The summed E-state index contributed by atoms with van der Waals surface area (Å²) < 4.78 is 5.66. The number of nitrogens with zero attached hydrogens (tertiary/aromatic N) is 1. The molecule has 3 aromatic rings. The Morgan fingerprint density at radius 3 is 2.28 bits per heavy atom. The van der Waals surface area contributed by atoms with Crippen LogP contribution in [0.1, 0.15) is 54.7 Å². The minimum absolute atomic E-state index is 0.0719. The van der Waals surface area contributed by atoms with Crippen LogP contribution in [0.15, 0.2) is 60.7 Å². The molecule has 32 heavy (non-hydrogen) atoms. The SMILES string of the molecule is CCOc1ccc(CN2C(=O)c3ccccc3C2=O)cc1C(=O)Nc1cc(C)ccc1C. The van der Waals surface area contributed by atoms with E-state index >= 15 is 0 Å². The molecule has 1 aliphatic rings. The van der Waals surface area contributed by atoms with Crippen molar-refractivity contribution in [2.24, 2.45) is 0 Å². The quantitative estimate of drug-likeness (QED) is 0.575. The molecule has 1 heterocycles. The number of ether oxygens (including phenoxy) is 1. The van der Waals surface area contributed by atoms with Crippen molar-refractivity contribution < 1.29 is 19.1 Å². The van der Waals surface area contributed by atoms with Gasteiger partial charge in [0.05, 0.1) is 29.8 Å². The molecule has 1 N–H and O–H groups in total. The summed E-state index contributed by atoms with van der Waals surface area (Å²) >= 11 is 0. The van der Waals surface area contributed by atoms with Crippen LogP contribution in [-0.2, 0) is 6.54 Å². The number of aryl methyl sites for hydroxylation is 2. The molecule has 0 spiro atoms. The lowest BCUT2D eigenvalue weighted by molar-refractivity contribution is 0.0642. The van der Waals surface area contributed by atoms with Gasteiger partial charge in [-0.25, -0.2) is 0 Å². The zero-order valence-corrected chi connectivity index (χ0v) is 18.3. The highest BCUT2D eigenvalue weighted by Gasteiger charge is 2.35. The van der Waals surface area contributed by atoms with E-state index in [1.807, 2.05) is 39.0 Å². The van der Waals surface area contributed by atoms with Crippen molar-refractivity contribution in [1.29, 1.82) is 0 Å². The van der Waals surface area contributed by atoms with Crippen LogP contribution in [-0.4, -0.2) is 29.2 Å². The molecule has 0 aromatic heterocycles. The number of imide groups is 1. The number of amides is 3. The van der Waals surface area contributed by atoms with Gasteiger partial charge in [-0.2, -0.15) is 0 Å². The summed E-state index contributed by atoms with van der Waals surface area (Å²) in [5.74, 6) is -0.533. The highest BCUT2D eigenvalue weighted by Crippen LogP contribution is 2.27. The second-order valence-electron chi connectivity index (χ2n) is 7.78. The highest BCUT2D eigenvalue weighted by molar-refractivity contribution is 6.21. The number of carbonyl (C=O) groups is 3. The van der Waals surface area contributed by atoms with Crippen molar-refractivity contribution in [1.82, 2.24) is 4.90 Å². The topological polar surface area (TPSA) is 75.7 Å². The molecular formula is C26H24N2O4. The van der Waals surface area contributed by atoms with E-state index in [1.165, 1.54) is 4.90 Å². The number of rotatable bonds is 6. The van der Waals surface area contributed by atoms with Gasteiger partial charge >= 0.3 is 0 Å². The molecule has 0 aliphatic carbocycles. The van der Waals surface area contributed by atoms with Crippen LogP contribution in [0, 0.1) is 13.8 Å². The van der Waals surface area contributed by atoms with Crippen molar-refractivity contribution in [3.05, 3.63) is 94.0 Å². The van der Waals surface area contributed by atoms with Crippen LogP contribution < -0.4 is 10.1 Å². The minimum atomic E-state index is -0.333. The number of fused-ring (bicyclic) bond motifs is 1. The van der Waals surface area contributed by atoms with Gasteiger partial charge in [-0.1, -0.05) is 30.3 Å². The Kier molecular flexibility index (Phi) is 5.77. The lowest BCUT2D eigenvalue weighted by atomic mass is 10.1.